The van der Waals surface area contributed by atoms with Crippen LogP contribution >= 0.6 is 11.8 Å². The number of benzene rings is 3. The largest absolute Gasteiger partial charge is 0.497 e. The number of methoxy groups -OCH3 is 1. The fourth-order valence-corrected chi connectivity index (χ4v) is 4.60. The normalized spacial score (nSPS) is 18.5. The summed E-state index contributed by atoms with van der Waals surface area (Å²) in [7, 11) is 1.55. The van der Waals surface area contributed by atoms with Crippen molar-refractivity contribution in [3.63, 3.8) is 0 Å². The lowest BCUT2D eigenvalue weighted by molar-refractivity contribution is -0.138. The lowest BCUT2D eigenvalue weighted by atomic mass is 9.92. The molecule has 0 spiro atoms. The Kier molecular flexibility index (Phi) is 6.37. The van der Waals surface area contributed by atoms with Gasteiger partial charge in [-0.3, -0.25) is 15.0 Å². The molecule has 0 aromatic heterocycles. The molecule has 4 rings (SSSR count). The number of carbonyl (C=O) groups excluding carboxylic acids is 3. The van der Waals surface area contributed by atoms with Gasteiger partial charge in [-0.2, -0.15) is 5.01 Å². The minimum atomic E-state index is -1.31. The van der Waals surface area contributed by atoms with E-state index in [1.165, 1.54) is 11.8 Å². The Balaban J connectivity index is 1.57. The van der Waals surface area contributed by atoms with Crippen LogP contribution < -0.4 is 15.5 Å². The van der Waals surface area contributed by atoms with E-state index in [1.54, 1.807) is 38.3 Å². The third-order valence-electron chi connectivity index (χ3n) is 5.42. The Labute approximate surface area is 196 Å². The van der Waals surface area contributed by atoms with Crippen LogP contribution in [-0.2, 0) is 15.1 Å². The molecule has 1 fully saturated rings. The van der Waals surface area contributed by atoms with Crippen LogP contribution in [0.25, 0.3) is 0 Å². The number of rotatable bonds is 7. The van der Waals surface area contributed by atoms with Gasteiger partial charge in [0.05, 0.1) is 7.11 Å². The molecule has 2 atom stereocenters. The Morgan fingerprint density at radius 3 is 2.18 bits per heavy atom. The molecule has 0 saturated carbocycles. The molecule has 33 heavy (non-hydrogen) atoms. The molecule has 8 heteroatoms. The molecular weight excluding hydrogens is 438 g/mol. The first-order valence-corrected chi connectivity index (χ1v) is 11.2. The SMILES string of the molecule is COc1ccc(C2(C)NC(=O)N(NC(=O)C(Sc3ccccc3)c3ccccc3)C2=O)cc1. The molecule has 1 aliphatic rings. The van der Waals surface area contributed by atoms with Crippen LogP contribution in [0.3, 0.4) is 0 Å². The summed E-state index contributed by atoms with van der Waals surface area (Å²) in [5.41, 5.74) is 2.56. The van der Waals surface area contributed by atoms with Gasteiger partial charge in [-0.05, 0) is 42.3 Å². The summed E-state index contributed by atoms with van der Waals surface area (Å²) in [5, 5.41) is 2.79. The fraction of sp³-hybridized carbons (Fsp3) is 0.160. The molecular formula is C25H23N3O4S. The number of amides is 4. The lowest BCUT2D eigenvalue weighted by Gasteiger charge is -2.23. The molecule has 168 valence electrons. The highest BCUT2D eigenvalue weighted by molar-refractivity contribution is 8.00. The average Bonchev–Trinajstić information content (AvgIpc) is 3.07. The van der Waals surface area contributed by atoms with Crippen molar-refractivity contribution >= 4 is 29.6 Å². The van der Waals surface area contributed by atoms with Crippen molar-refractivity contribution < 1.29 is 19.1 Å². The first kappa shape index (κ1) is 22.4. The van der Waals surface area contributed by atoms with Crippen molar-refractivity contribution in [2.24, 2.45) is 0 Å². The Bertz CT molecular complexity index is 1160. The number of hydrogen-bond donors (Lipinski definition) is 2. The zero-order chi connectivity index (χ0) is 23.4. The second-order valence-electron chi connectivity index (χ2n) is 7.62. The summed E-state index contributed by atoms with van der Waals surface area (Å²) in [6.45, 7) is 1.61. The van der Waals surface area contributed by atoms with Gasteiger partial charge in [-0.1, -0.05) is 60.7 Å². The number of thioether (sulfide) groups is 1. The number of imide groups is 1. The molecule has 7 nitrogen and oxygen atoms in total. The maximum atomic E-state index is 13.3. The second kappa shape index (κ2) is 9.38. The highest BCUT2D eigenvalue weighted by Crippen LogP contribution is 2.36. The van der Waals surface area contributed by atoms with Gasteiger partial charge in [0.15, 0.2) is 0 Å². The maximum Gasteiger partial charge on any atom is 0.344 e. The zero-order valence-corrected chi connectivity index (χ0v) is 19.0. The second-order valence-corrected chi connectivity index (χ2v) is 8.80. The van der Waals surface area contributed by atoms with Crippen LogP contribution in [0.1, 0.15) is 23.3 Å². The number of ether oxygens (including phenoxy) is 1. The van der Waals surface area contributed by atoms with Gasteiger partial charge in [0, 0.05) is 4.90 Å². The predicted octanol–water partition coefficient (Wildman–Crippen LogP) is 4.03. The Hall–Kier alpha value is -3.78. The van der Waals surface area contributed by atoms with E-state index in [9.17, 15) is 14.4 Å². The Morgan fingerprint density at radius 1 is 0.970 bits per heavy atom. The van der Waals surface area contributed by atoms with E-state index in [0.717, 1.165) is 15.5 Å². The predicted molar refractivity (Wildman–Crippen MR) is 125 cm³/mol. The minimum absolute atomic E-state index is 0.475. The fourth-order valence-electron chi connectivity index (χ4n) is 3.57. The summed E-state index contributed by atoms with van der Waals surface area (Å²) in [5.74, 6) is -0.409. The first-order chi connectivity index (χ1) is 15.9. The van der Waals surface area contributed by atoms with Gasteiger partial charge in [0.2, 0.25) is 0 Å². The number of hydrogen-bond acceptors (Lipinski definition) is 5. The Morgan fingerprint density at radius 2 is 1.58 bits per heavy atom. The quantitative estimate of drug-likeness (QED) is 0.410. The van der Waals surface area contributed by atoms with Crippen molar-refractivity contribution in [1.82, 2.24) is 15.8 Å². The van der Waals surface area contributed by atoms with Crippen LogP contribution in [0.5, 0.6) is 5.75 Å². The van der Waals surface area contributed by atoms with Gasteiger partial charge >= 0.3 is 6.03 Å². The summed E-state index contributed by atoms with van der Waals surface area (Å²) in [6.07, 6.45) is 0. The molecule has 3 aromatic carbocycles. The summed E-state index contributed by atoms with van der Waals surface area (Å²) in [6, 6.07) is 24.9. The summed E-state index contributed by atoms with van der Waals surface area (Å²) >= 11 is 1.34. The van der Waals surface area contributed by atoms with E-state index in [2.05, 4.69) is 10.7 Å². The number of nitrogens with one attached hydrogen (secondary N) is 2. The third-order valence-corrected chi connectivity index (χ3v) is 6.68. The molecule has 1 aliphatic heterocycles. The van der Waals surface area contributed by atoms with Crippen molar-refractivity contribution in [3.05, 3.63) is 96.1 Å². The molecule has 1 saturated heterocycles. The maximum absolute atomic E-state index is 13.3. The molecule has 0 radical (unpaired) electrons. The van der Waals surface area contributed by atoms with Crippen molar-refractivity contribution in [2.75, 3.05) is 7.11 Å². The molecule has 4 amide bonds. The van der Waals surface area contributed by atoms with Crippen LogP contribution in [0.4, 0.5) is 4.79 Å². The topological polar surface area (TPSA) is 87.7 Å². The van der Waals surface area contributed by atoms with Crippen LogP contribution in [0.15, 0.2) is 89.8 Å². The van der Waals surface area contributed by atoms with E-state index in [0.29, 0.717) is 11.3 Å². The van der Waals surface area contributed by atoms with E-state index in [4.69, 9.17) is 4.74 Å². The van der Waals surface area contributed by atoms with Crippen molar-refractivity contribution in [2.45, 2.75) is 22.6 Å². The van der Waals surface area contributed by atoms with E-state index >= 15 is 0 Å². The molecule has 0 aliphatic carbocycles. The van der Waals surface area contributed by atoms with Crippen LogP contribution in [0.2, 0.25) is 0 Å². The van der Waals surface area contributed by atoms with Crippen LogP contribution in [0, 0.1) is 0 Å². The molecule has 2 unspecified atom stereocenters. The lowest BCUT2D eigenvalue weighted by Crippen LogP contribution is -2.49. The zero-order valence-electron chi connectivity index (χ0n) is 18.1. The smallest absolute Gasteiger partial charge is 0.344 e. The summed E-state index contributed by atoms with van der Waals surface area (Å²) in [4.78, 5) is 40.1. The van der Waals surface area contributed by atoms with Gasteiger partial charge in [-0.15, -0.1) is 11.8 Å². The van der Waals surface area contributed by atoms with Gasteiger partial charge in [0.25, 0.3) is 11.8 Å². The number of nitrogens with zero attached hydrogens (tertiary/aromatic N) is 1. The number of hydrazine groups is 1. The molecule has 1 heterocycles. The number of urea groups is 1. The van der Waals surface area contributed by atoms with Crippen molar-refractivity contribution in [3.8, 4) is 5.75 Å². The molecule has 0 bridgehead atoms. The van der Waals surface area contributed by atoms with Crippen LogP contribution in [-0.4, -0.2) is 30.0 Å². The third kappa shape index (κ3) is 4.56. The average molecular weight is 462 g/mol. The minimum Gasteiger partial charge on any atom is -0.497 e. The van der Waals surface area contributed by atoms with Gasteiger partial charge < -0.3 is 10.1 Å². The number of carbonyl (C=O) groups is 3. The van der Waals surface area contributed by atoms with E-state index < -0.39 is 28.6 Å². The van der Waals surface area contributed by atoms with Gasteiger partial charge in [0.1, 0.15) is 16.5 Å². The molecule has 3 aromatic rings. The monoisotopic (exact) mass is 461 g/mol. The van der Waals surface area contributed by atoms with E-state index in [1.807, 2.05) is 60.7 Å². The van der Waals surface area contributed by atoms with Crippen molar-refractivity contribution in [1.29, 1.82) is 0 Å². The standard InChI is InChI=1S/C25H23N3O4S/c1-25(18-13-15-19(32-2)16-14-18)23(30)28(24(31)26-25)27-22(29)21(17-9-5-3-6-10-17)33-20-11-7-4-8-12-20/h3-16,21H,1-2H3,(H,26,31)(H,27,29). The highest BCUT2D eigenvalue weighted by Gasteiger charge is 2.50. The summed E-state index contributed by atoms with van der Waals surface area (Å²) < 4.78 is 5.16. The first-order valence-electron chi connectivity index (χ1n) is 10.3. The highest BCUT2D eigenvalue weighted by atomic mass is 32.2. The van der Waals surface area contributed by atoms with Gasteiger partial charge in [-0.25, -0.2) is 4.79 Å². The van der Waals surface area contributed by atoms with E-state index in [-0.39, 0.29) is 0 Å². The molecule has 2 N–H and O–H groups in total.